The van der Waals surface area contributed by atoms with Crippen molar-refractivity contribution in [2.75, 3.05) is 25.0 Å². The first kappa shape index (κ1) is 17.1. The molecule has 3 rings (SSSR count). The van der Waals surface area contributed by atoms with Gasteiger partial charge in [0, 0.05) is 29.8 Å². The lowest BCUT2D eigenvalue weighted by molar-refractivity contribution is 0.407. The van der Waals surface area contributed by atoms with Crippen molar-refractivity contribution in [2.45, 2.75) is 19.0 Å². The molecule has 1 heterocycles. The van der Waals surface area contributed by atoms with Crippen molar-refractivity contribution in [1.82, 2.24) is 4.90 Å². The fraction of sp³-hybridized carbons (Fsp3) is 0.316. The van der Waals surface area contributed by atoms with Crippen LogP contribution in [0.15, 0.2) is 42.5 Å². The molecule has 0 N–H and O–H groups in total. The van der Waals surface area contributed by atoms with E-state index in [0.717, 1.165) is 36.8 Å². The third kappa shape index (κ3) is 3.84. The number of hydrogen-bond donors (Lipinski definition) is 0. The number of benzene rings is 2. The van der Waals surface area contributed by atoms with Crippen LogP contribution in [-0.4, -0.2) is 31.1 Å². The van der Waals surface area contributed by atoms with Gasteiger partial charge in [-0.2, -0.15) is 5.26 Å². The van der Waals surface area contributed by atoms with E-state index in [1.807, 2.05) is 24.3 Å². The van der Waals surface area contributed by atoms with E-state index in [-0.39, 0.29) is 0 Å². The summed E-state index contributed by atoms with van der Waals surface area (Å²) in [7, 11) is 2.15. The number of hydrogen-bond acceptors (Lipinski definition) is 3. The Morgan fingerprint density at radius 2 is 1.96 bits per heavy atom. The van der Waals surface area contributed by atoms with E-state index in [1.165, 1.54) is 5.56 Å². The van der Waals surface area contributed by atoms with Crippen molar-refractivity contribution >= 4 is 28.9 Å². The molecule has 1 saturated heterocycles. The Balaban J connectivity index is 1.91. The van der Waals surface area contributed by atoms with Crippen LogP contribution in [0.1, 0.15) is 17.5 Å². The summed E-state index contributed by atoms with van der Waals surface area (Å²) < 4.78 is 0. The topological polar surface area (TPSA) is 30.3 Å². The molecule has 124 valence electrons. The van der Waals surface area contributed by atoms with Crippen LogP contribution < -0.4 is 4.90 Å². The van der Waals surface area contributed by atoms with Crippen LogP contribution in [0, 0.1) is 11.3 Å². The molecule has 3 nitrogen and oxygen atoms in total. The third-order valence-corrected chi connectivity index (χ3v) is 5.04. The Bertz CT molecular complexity index is 752. The zero-order valence-electron chi connectivity index (χ0n) is 13.5. The van der Waals surface area contributed by atoms with Crippen LogP contribution in [0.3, 0.4) is 0 Å². The van der Waals surface area contributed by atoms with Crippen LogP contribution in [0.25, 0.3) is 0 Å². The van der Waals surface area contributed by atoms with Crippen molar-refractivity contribution < 1.29 is 0 Å². The summed E-state index contributed by atoms with van der Waals surface area (Å²) >= 11 is 12.3. The highest BCUT2D eigenvalue weighted by Gasteiger charge is 2.26. The van der Waals surface area contributed by atoms with Crippen molar-refractivity contribution in [2.24, 2.45) is 0 Å². The molecular weight excluding hydrogens is 341 g/mol. The summed E-state index contributed by atoms with van der Waals surface area (Å²) in [5, 5.41) is 10.3. The fourth-order valence-corrected chi connectivity index (χ4v) is 3.50. The van der Waals surface area contributed by atoms with Crippen molar-refractivity contribution in [1.29, 1.82) is 5.26 Å². The average Bonchev–Trinajstić information content (AvgIpc) is 3.00. The highest BCUT2D eigenvalue weighted by atomic mass is 35.5. The van der Waals surface area contributed by atoms with E-state index in [2.05, 4.69) is 35.0 Å². The van der Waals surface area contributed by atoms with Gasteiger partial charge in [0.1, 0.15) is 6.07 Å². The van der Waals surface area contributed by atoms with Gasteiger partial charge in [-0.15, -0.1) is 0 Å². The highest BCUT2D eigenvalue weighted by molar-refractivity contribution is 6.32. The monoisotopic (exact) mass is 359 g/mol. The smallest absolute Gasteiger partial charge is 0.101 e. The second kappa shape index (κ2) is 7.44. The number of likely N-dealkylation sites (tertiary alicyclic amines) is 1. The standard InChI is InChI=1S/C19H19Cl2N3/c1-23-9-8-18(13-23)24(12-14-2-5-16(20)6-3-14)17-7-4-15(11-22)19(21)10-17/h2-7,10,18H,8-9,12-13H2,1H3. The first-order valence-corrected chi connectivity index (χ1v) is 8.71. The van der Waals surface area contributed by atoms with Gasteiger partial charge in [-0.05, 0) is 55.9 Å². The fourth-order valence-electron chi connectivity index (χ4n) is 3.16. The Labute approximate surface area is 153 Å². The Morgan fingerprint density at radius 3 is 2.54 bits per heavy atom. The van der Waals surface area contributed by atoms with Gasteiger partial charge >= 0.3 is 0 Å². The molecule has 5 heteroatoms. The molecule has 0 amide bonds. The molecule has 1 unspecified atom stereocenters. The first-order chi connectivity index (χ1) is 11.6. The molecule has 0 bridgehead atoms. The maximum absolute atomic E-state index is 9.09. The molecule has 24 heavy (non-hydrogen) atoms. The lowest BCUT2D eigenvalue weighted by Crippen LogP contribution is -2.36. The Kier molecular flexibility index (Phi) is 5.30. The molecule has 2 aromatic rings. The summed E-state index contributed by atoms with van der Waals surface area (Å²) in [6.45, 7) is 2.90. The number of anilines is 1. The number of likely N-dealkylation sites (N-methyl/N-ethyl adjacent to an activating group) is 1. The summed E-state index contributed by atoms with van der Waals surface area (Å²) in [5.74, 6) is 0. The molecule has 1 aliphatic heterocycles. The summed E-state index contributed by atoms with van der Waals surface area (Å²) in [5.41, 5.74) is 2.76. The van der Waals surface area contributed by atoms with E-state index < -0.39 is 0 Å². The van der Waals surface area contributed by atoms with Gasteiger partial charge in [-0.25, -0.2) is 0 Å². The largest absolute Gasteiger partial charge is 0.363 e. The van der Waals surface area contributed by atoms with E-state index in [0.29, 0.717) is 16.6 Å². The van der Waals surface area contributed by atoms with Gasteiger partial charge in [0.05, 0.1) is 10.6 Å². The van der Waals surface area contributed by atoms with Gasteiger partial charge in [-0.3, -0.25) is 0 Å². The van der Waals surface area contributed by atoms with E-state index in [1.54, 1.807) is 6.07 Å². The molecule has 1 aliphatic rings. The van der Waals surface area contributed by atoms with Crippen LogP contribution in [0.5, 0.6) is 0 Å². The SMILES string of the molecule is CN1CCC(N(Cc2ccc(Cl)cc2)c2ccc(C#N)c(Cl)c2)C1. The summed E-state index contributed by atoms with van der Waals surface area (Å²) in [6.07, 6.45) is 1.11. The lowest BCUT2D eigenvalue weighted by atomic mass is 10.1. The predicted molar refractivity (Wildman–Crippen MR) is 99.7 cm³/mol. The third-order valence-electron chi connectivity index (χ3n) is 4.48. The molecule has 1 fully saturated rings. The molecule has 0 saturated carbocycles. The maximum Gasteiger partial charge on any atom is 0.101 e. The number of nitrogens with zero attached hydrogens (tertiary/aromatic N) is 3. The van der Waals surface area contributed by atoms with E-state index >= 15 is 0 Å². The van der Waals surface area contributed by atoms with Gasteiger partial charge in [0.15, 0.2) is 0 Å². The number of rotatable bonds is 4. The van der Waals surface area contributed by atoms with Crippen LogP contribution in [0.2, 0.25) is 10.0 Å². The average molecular weight is 360 g/mol. The van der Waals surface area contributed by atoms with Gasteiger partial charge in [0.25, 0.3) is 0 Å². The van der Waals surface area contributed by atoms with Gasteiger partial charge in [-0.1, -0.05) is 35.3 Å². The molecule has 0 spiro atoms. The van der Waals surface area contributed by atoms with E-state index in [9.17, 15) is 0 Å². The molecule has 0 aromatic heterocycles. The summed E-state index contributed by atoms with van der Waals surface area (Å²) in [4.78, 5) is 4.71. The minimum atomic E-state index is 0.426. The lowest BCUT2D eigenvalue weighted by Gasteiger charge is -2.31. The van der Waals surface area contributed by atoms with E-state index in [4.69, 9.17) is 28.5 Å². The number of halogens is 2. The molecule has 2 aromatic carbocycles. The second-order valence-electron chi connectivity index (χ2n) is 6.24. The van der Waals surface area contributed by atoms with Gasteiger partial charge in [0.2, 0.25) is 0 Å². The van der Waals surface area contributed by atoms with Gasteiger partial charge < -0.3 is 9.80 Å². The quantitative estimate of drug-likeness (QED) is 0.800. The van der Waals surface area contributed by atoms with Crippen LogP contribution >= 0.6 is 23.2 Å². The summed E-state index contributed by atoms with van der Waals surface area (Å²) in [6, 6.07) is 16.2. The molecular formula is C19H19Cl2N3. The zero-order valence-corrected chi connectivity index (χ0v) is 15.1. The predicted octanol–water partition coefficient (Wildman–Crippen LogP) is 4.58. The second-order valence-corrected chi connectivity index (χ2v) is 7.08. The first-order valence-electron chi connectivity index (χ1n) is 7.96. The van der Waals surface area contributed by atoms with Crippen molar-refractivity contribution in [3.05, 3.63) is 63.6 Å². The van der Waals surface area contributed by atoms with Crippen molar-refractivity contribution in [3.8, 4) is 6.07 Å². The van der Waals surface area contributed by atoms with Crippen molar-refractivity contribution in [3.63, 3.8) is 0 Å². The highest BCUT2D eigenvalue weighted by Crippen LogP contribution is 2.29. The maximum atomic E-state index is 9.09. The molecule has 0 aliphatic carbocycles. The normalized spacial score (nSPS) is 17.7. The Morgan fingerprint density at radius 1 is 1.21 bits per heavy atom. The minimum absolute atomic E-state index is 0.426. The van der Waals surface area contributed by atoms with Crippen LogP contribution in [0.4, 0.5) is 5.69 Å². The molecule has 0 radical (unpaired) electrons. The molecule has 1 atom stereocenters. The van der Waals surface area contributed by atoms with Crippen LogP contribution in [-0.2, 0) is 6.54 Å². The number of nitriles is 1. The minimum Gasteiger partial charge on any atom is -0.363 e. The Hall–Kier alpha value is -1.73. The zero-order chi connectivity index (χ0) is 17.1.